The molecule has 4 rings (SSSR count). The van der Waals surface area contributed by atoms with E-state index < -0.39 is 23.5 Å². The maximum atomic E-state index is 13.9. The van der Waals surface area contributed by atoms with Crippen LogP contribution in [0.3, 0.4) is 0 Å². The van der Waals surface area contributed by atoms with Gasteiger partial charge in [-0.2, -0.15) is 0 Å². The number of ether oxygens (including phenoxy) is 1. The molecular weight excluding hydrogens is 447 g/mol. The summed E-state index contributed by atoms with van der Waals surface area (Å²) < 4.78 is 19.5. The number of anilines is 2. The summed E-state index contributed by atoms with van der Waals surface area (Å²) in [7, 11) is 3.82. The van der Waals surface area contributed by atoms with Crippen LogP contribution in [0.25, 0.3) is 5.76 Å². The molecule has 0 aliphatic carbocycles. The highest BCUT2D eigenvalue weighted by Gasteiger charge is 2.47. The molecule has 1 heterocycles. The minimum Gasteiger partial charge on any atom is -0.507 e. The van der Waals surface area contributed by atoms with Crippen molar-refractivity contribution in [2.24, 2.45) is 0 Å². The van der Waals surface area contributed by atoms with Crippen molar-refractivity contribution in [1.29, 1.82) is 0 Å². The van der Waals surface area contributed by atoms with Crippen LogP contribution in [0, 0.1) is 12.7 Å². The van der Waals surface area contributed by atoms with Gasteiger partial charge < -0.3 is 14.7 Å². The number of carbonyl (C=O) groups excluding carboxylic acids is 2. The molecule has 7 heteroatoms. The van der Waals surface area contributed by atoms with Gasteiger partial charge in [0.15, 0.2) is 0 Å². The Balaban J connectivity index is 1.92. The van der Waals surface area contributed by atoms with Gasteiger partial charge in [-0.25, -0.2) is 4.39 Å². The van der Waals surface area contributed by atoms with Crippen molar-refractivity contribution in [3.8, 4) is 5.75 Å². The van der Waals surface area contributed by atoms with E-state index in [0.29, 0.717) is 29.2 Å². The van der Waals surface area contributed by atoms with Crippen LogP contribution >= 0.6 is 0 Å². The standard InChI is InChI=1S/C28H27FN2O4/c1-5-35-22-8-6-7-18(16-22)25-24(26(32)19-9-14-23(29)17(2)15-19)27(33)28(34)31(25)21-12-10-20(11-13-21)30(3)4/h6-16,25,32H,5H2,1-4H3/b26-24-. The van der Waals surface area contributed by atoms with E-state index >= 15 is 0 Å². The second-order valence-electron chi connectivity index (χ2n) is 8.55. The zero-order valence-electron chi connectivity index (χ0n) is 20.1. The van der Waals surface area contributed by atoms with Crippen molar-refractivity contribution in [1.82, 2.24) is 0 Å². The lowest BCUT2D eigenvalue weighted by molar-refractivity contribution is -0.132. The van der Waals surface area contributed by atoms with E-state index in [-0.39, 0.29) is 16.9 Å². The summed E-state index contributed by atoms with van der Waals surface area (Å²) in [5.41, 5.74) is 2.56. The van der Waals surface area contributed by atoms with Crippen molar-refractivity contribution in [3.05, 3.63) is 94.8 Å². The van der Waals surface area contributed by atoms with Gasteiger partial charge in [-0.1, -0.05) is 12.1 Å². The van der Waals surface area contributed by atoms with E-state index in [2.05, 4.69) is 0 Å². The molecule has 1 fully saturated rings. The van der Waals surface area contributed by atoms with Gasteiger partial charge in [0.1, 0.15) is 17.3 Å². The fraction of sp³-hybridized carbons (Fsp3) is 0.214. The van der Waals surface area contributed by atoms with E-state index in [1.165, 1.54) is 23.1 Å². The predicted molar refractivity (Wildman–Crippen MR) is 134 cm³/mol. The number of aryl methyl sites for hydroxylation is 1. The average molecular weight is 475 g/mol. The first-order chi connectivity index (χ1) is 16.7. The third-order valence-corrected chi connectivity index (χ3v) is 6.00. The molecule has 1 unspecified atom stereocenters. The van der Waals surface area contributed by atoms with Crippen molar-refractivity contribution in [2.75, 3.05) is 30.5 Å². The van der Waals surface area contributed by atoms with E-state index in [9.17, 15) is 19.1 Å². The summed E-state index contributed by atoms with van der Waals surface area (Å²) in [4.78, 5) is 29.9. The molecular formula is C28H27FN2O4. The Bertz CT molecular complexity index is 1310. The summed E-state index contributed by atoms with van der Waals surface area (Å²) in [5, 5.41) is 11.2. The van der Waals surface area contributed by atoms with Gasteiger partial charge in [0.2, 0.25) is 0 Å². The predicted octanol–water partition coefficient (Wildman–Crippen LogP) is 5.23. The van der Waals surface area contributed by atoms with Gasteiger partial charge in [0.25, 0.3) is 11.7 Å². The normalized spacial score (nSPS) is 17.1. The summed E-state index contributed by atoms with van der Waals surface area (Å²) in [5.74, 6) is -1.77. The molecule has 3 aromatic rings. The van der Waals surface area contributed by atoms with Gasteiger partial charge in [-0.15, -0.1) is 0 Å². The number of aliphatic hydroxyl groups excluding tert-OH is 1. The first-order valence-corrected chi connectivity index (χ1v) is 11.3. The highest BCUT2D eigenvalue weighted by Crippen LogP contribution is 2.43. The molecule has 1 amide bonds. The molecule has 0 bridgehead atoms. The number of benzene rings is 3. The molecule has 0 spiro atoms. The van der Waals surface area contributed by atoms with Crippen LogP contribution in [0.5, 0.6) is 5.75 Å². The van der Waals surface area contributed by atoms with E-state index in [1.54, 1.807) is 43.3 Å². The summed E-state index contributed by atoms with van der Waals surface area (Å²) in [6.45, 7) is 3.88. The lowest BCUT2D eigenvalue weighted by Crippen LogP contribution is -2.29. The maximum Gasteiger partial charge on any atom is 0.300 e. The minimum absolute atomic E-state index is 0.0636. The Morgan fingerprint density at radius 3 is 2.40 bits per heavy atom. The van der Waals surface area contributed by atoms with Gasteiger partial charge >= 0.3 is 0 Å². The smallest absolute Gasteiger partial charge is 0.300 e. The molecule has 0 radical (unpaired) electrons. The van der Waals surface area contributed by atoms with Crippen molar-refractivity contribution in [3.63, 3.8) is 0 Å². The van der Waals surface area contributed by atoms with Crippen LogP contribution in [-0.4, -0.2) is 37.5 Å². The number of aliphatic hydroxyl groups is 1. The number of hydrogen-bond acceptors (Lipinski definition) is 5. The number of halogens is 1. The van der Waals surface area contributed by atoms with E-state index in [4.69, 9.17) is 4.74 Å². The quantitative estimate of drug-likeness (QED) is 0.301. The van der Waals surface area contributed by atoms with Gasteiger partial charge in [-0.3, -0.25) is 14.5 Å². The van der Waals surface area contributed by atoms with Crippen LogP contribution in [0.15, 0.2) is 72.3 Å². The second-order valence-corrected chi connectivity index (χ2v) is 8.55. The van der Waals surface area contributed by atoms with E-state index in [1.807, 2.05) is 38.1 Å². The van der Waals surface area contributed by atoms with Crippen molar-refractivity contribution < 1.29 is 23.8 Å². The molecule has 3 aromatic carbocycles. The van der Waals surface area contributed by atoms with Crippen molar-refractivity contribution in [2.45, 2.75) is 19.9 Å². The highest BCUT2D eigenvalue weighted by atomic mass is 19.1. The summed E-state index contributed by atoms with van der Waals surface area (Å²) in [6.07, 6.45) is 0. The van der Waals surface area contributed by atoms with Crippen LogP contribution in [0.2, 0.25) is 0 Å². The van der Waals surface area contributed by atoms with Gasteiger partial charge in [-0.05, 0) is 79.6 Å². The Labute approximate surface area is 203 Å². The van der Waals surface area contributed by atoms with Crippen LogP contribution in [-0.2, 0) is 9.59 Å². The molecule has 1 atom stereocenters. The number of ketones is 1. The largest absolute Gasteiger partial charge is 0.507 e. The van der Waals surface area contributed by atoms with Crippen molar-refractivity contribution >= 4 is 28.8 Å². The Hall–Kier alpha value is -4.13. The lowest BCUT2D eigenvalue weighted by atomic mass is 9.94. The molecule has 35 heavy (non-hydrogen) atoms. The van der Waals surface area contributed by atoms with Gasteiger partial charge in [0, 0.05) is 31.0 Å². The fourth-order valence-electron chi connectivity index (χ4n) is 4.21. The molecule has 1 aliphatic rings. The average Bonchev–Trinajstić information content (AvgIpc) is 3.11. The van der Waals surface area contributed by atoms with Gasteiger partial charge in [0.05, 0.1) is 18.2 Å². The number of carbonyl (C=O) groups is 2. The molecule has 1 N–H and O–H groups in total. The number of rotatable bonds is 6. The molecule has 180 valence electrons. The monoisotopic (exact) mass is 474 g/mol. The van der Waals surface area contributed by atoms with E-state index in [0.717, 1.165) is 5.69 Å². The molecule has 0 aromatic heterocycles. The molecule has 1 saturated heterocycles. The SMILES string of the molecule is CCOc1cccc(C2/C(=C(/O)c3ccc(F)c(C)c3)C(=O)C(=O)N2c2ccc(N(C)C)cc2)c1. The number of nitrogens with zero attached hydrogens (tertiary/aromatic N) is 2. The number of hydrogen-bond donors (Lipinski definition) is 1. The summed E-state index contributed by atoms with van der Waals surface area (Å²) in [6, 6.07) is 17.5. The minimum atomic E-state index is -0.897. The zero-order valence-corrected chi connectivity index (χ0v) is 20.1. The molecule has 6 nitrogen and oxygen atoms in total. The Kier molecular flexibility index (Phi) is 6.60. The lowest BCUT2D eigenvalue weighted by Gasteiger charge is -2.26. The molecule has 1 aliphatic heterocycles. The maximum absolute atomic E-state index is 13.9. The topological polar surface area (TPSA) is 70.1 Å². The highest BCUT2D eigenvalue weighted by molar-refractivity contribution is 6.51. The summed E-state index contributed by atoms with van der Waals surface area (Å²) >= 11 is 0. The Morgan fingerprint density at radius 2 is 1.77 bits per heavy atom. The number of amides is 1. The first kappa shape index (κ1) is 24.0. The third kappa shape index (κ3) is 4.49. The van der Waals surface area contributed by atoms with Crippen LogP contribution in [0.1, 0.15) is 29.7 Å². The zero-order chi connectivity index (χ0) is 25.3. The van der Waals surface area contributed by atoms with Crippen LogP contribution < -0.4 is 14.5 Å². The molecule has 0 saturated carbocycles. The first-order valence-electron chi connectivity index (χ1n) is 11.3. The third-order valence-electron chi connectivity index (χ3n) is 6.00. The number of Topliss-reactive ketones (excluding diaryl/α,β-unsaturated/α-hetero) is 1. The second kappa shape index (κ2) is 9.62. The van der Waals surface area contributed by atoms with Crippen LogP contribution in [0.4, 0.5) is 15.8 Å². The Morgan fingerprint density at radius 1 is 1.06 bits per heavy atom. The fourth-order valence-corrected chi connectivity index (χ4v) is 4.21.